The lowest BCUT2D eigenvalue weighted by atomic mass is 10.1. The van der Waals surface area contributed by atoms with Gasteiger partial charge in [-0.15, -0.1) is 0 Å². The van der Waals surface area contributed by atoms with Gasteiger partial charge in [0.15, 0.2) is 0 Å². The van der Waals surface area contributed by atoms with E-state index in [1.807, 2.05) is 18.2 Å². The first-order valence-electron chi connectivity index (χ1n) is 6.23. The number of rotatable bonds is 3. The molecule has 0 saturated carbocycles. The Morgan fingerprint density at radius 2 is 2.39 bits per heavy atom. The predicted molar refractivity (Wildman–Crippen MR) is 68.1 cm³/mol. The number of aliphatic carboxylic acids is 1. The van der Waals surface area contributed by atoms with Crippen molar-refractivity contribution >= 4 is 5.97 Å². The maximum absolute atomic E-state index is 11.1. The number of hydrogen-bond donors (Lipinski definition) is 2. The number of pyridine rings is 1. The lowest BCUT2D eigenvalue weighted by Gasteiger charge is -2.22. The highest BCUT2D eigenvalue weighted by molar-refractivity contribution is 5.70. The highest BCUT2D eigenvalue weighted by Crippen LogP contribution is 2.10. The summed E-state index contributed by atoms with van der Waals surface area (Å²) in [6.45, 7) is 4.74. The zero-order valence-electron chi connectivity index (χ0n) is 10.5. The van der Waals surface area contributed by atoms with Gasteiger partial charge < -0.3 is 10.4 Å². The van der Waals surface area contributed by atoms with E-state index in [1.165, 1.54) is 0 Å². The molecule has 0 aromatic carbocycles. The number of nitrogens with one attached hydrogen (secondary N) is 1. The van der Waals surface area contributed by atoms with Crippen molar-refractivity contribution in [2.45, 2.75) is 19.5 Å². The van der Waals surface area contributed by atoms with Gasteiger partial charge >= 0.3 is 5.97 Å². The molecule has 2 rings (SSSR count). The summed E-state index contributed by atoms with van der Waals surface area (Å²) in [6.07, 6.45) is 1.77. The molecule has 2 unspecified atom stereocenters. The summed E-state index contributed by atoms with van der Waals surface area (Å²) in [7, 11) is 0. The molecule has 2 N–H and O–H groups in total. The van der Waals surface area contributed by atoms with Crippen molar-refractivity contribution < 1.29 is 9.90 Å². The maximum atomic E-state index is 11.1. The molecule has 2 atom stereocenters. The van der Waals surface area contributed by atoms with E-state index >= 15 is 0 Å². The van der Waals surface area contributed by atoms with E-state index in [0.717, 1.165) is 12.2 Å². The van der Waals surface area contributed by atoms with Gasteiger partial charge in [0.25, 0.3) is 0 Å². The highest BCUT2D eigenvalue weighted by Gasteiger charge is 2.26. The minimum Gasteiger partial charge on any atom is -0.481 e. The molecule has 5 nitrogen and oxygen atoms in total. The number of nitrogens with zero attached hydrogens (tertiary/aromatic N) is 2. The van der Waals surface area contributed by atoms with Gasteiger partial charge in [0, 0.05) is 38.4 Å². The van der Waals surface area contributed by atoms with Crippen LogP contribution in [0.2, 0.25) is 0 Å². The Balaban J connectivity index is 2.03. The van der Waals surface area contributed by atoms with Crippen molar-refractivity contribution in [3.05, 3.63) is 30.1 Å². The van der Waals surface area contributed by atoms with Crippen molar-refractivity contribution in [1.29, 1.82) is 0 Å². The molecule has 1 aromatic rings. The summed E-state index contributed by atoms with van der Waals surface area (Å²) in [5.74, 6) is -1.08. The van der Waals surface area contributed by atoms with E-state index in [-0.39, 0.29) is 5.92 Å². The van der Waals surface area contributed by atoms with E-state index in [0.29, 0.717) is 25.7 Å². The molecule has 5 heteroatoms. The van der Waals surface area contributed by atoms with Crippen LogP contribution in [0.3, 0.4) is 0 Å². The second-order valence-corrected chi connectivity index (χ2v) is 4.86. The van der Waals surface area contributed by atoms with Gasteiger partial charge in [-0.2, -0.15) is 0 Å². The van der Waals surface area contributed by atoms with Crippen LogP contribution in [-0.4, -0.2) is 46.6 Å². The van der Waals surface area contributed by atoms with Gasteiger partial charge in [-0.25, -0.2) is 0 Å². The van der Waals surface area contributed by atoms with E-state index in [2.05, 4.69) is 22.1 Å². The van der Waals surface area contributed by atoms with Crippen LogP contribution < -0.4 is 5.32 Å². The second-order valence-electron chi connectivity index (χ2n) is 4.86. The van der Waals surface area contributed by atoms with Crippen LogP contribution in [0.25, 0.3) is 0 Å². The normalized spacial score (nSPS) is 25.6. The highest BCUT2D eigenvalue weighted by atomic mass is 16.4. The molecule has 2 heterocycles. The Labute approximate surface area is 107 Å². The predicted octanol–water partition coefficient (Wildman–Crippen LogP) is 0.576. The summed E-state index contributed by atoms with van der Waals surface area (Å²) in [4.78, 5) is 17.6. The molecular formula is C13H19N3O2. The third-order valence-electron chi connectivity index (χ3n) is 3.18. The molecule has 1 aliphatic rings. The van der Waals surface area contributed by atoms with Crippen LogP contribution in [0.4, 0.5) is 0 Å². The SMILES string of the molecule is CC1CN(Cc2ccccn2)CC(C(=O)O)CN1. The van der Waals surface area contributed by atoms with E-state index in [4.69, 9.17) is 5.11 Å². The average molecular weight is 249 g/mol. The van der Waals surface area contributed by atoms with Crippen LogP contribution in [0.1, 0.15) is 12.6 Å². The fourth-order valence-corrected chi connectivity index (χ4v) is 2.26. The van der Waals surface area contributed by atoms with Crippen molar-refractivity contribution in [1.82, 2.24) is 15.2 Å². The third-order valence-corrected chi connectivity index (χ3v) is 3.18. The largest absolute Gasteiger partial charge is 0.481 e. The molecule has 0 spiro atoms. The standard InChI is InChI=1S/C13H19N3O2/c1-10-7-16(8-11(6-15-10)13(17)18)9-12-4-2-3-5-14-12/h2-5,10-11,15H,6-9H2,1H3,(H,17,18). The first-order valence-corrected chi connectivity index (χ1v) is 6.23. The third kappa shape index (κ3) is 3.51. The average Bonchev–Trinajstić information content (AvgIpc) is 2.52. The summed E-state index contributed by atoms with van der Waals surface area (Å²) in [5.41, 5.74) is 0.982. The van der Waals surface area contributed by atoms with Gasteiger partial charge in [-0.05, 0) is 19.1 Å². The maximum Gasteiger partial charge on any atom is 0.309 e. The number of carboxylic acid groups (broad SMARTS) is 1. The molecule has 1 aliphatic heterocycles. The molecule has 1 saturated heterocycles. The van der Waals surface area contributed by atoms with Gasteiger partial charge in [0.1, 0.15) is 0 Å². The lowest BCUT2D eigenvalue weighted by molar-refractivity contribution is -0.142. The van der Waals surface area contributed by atoms with Crippen molar-refractivity contribution in [2.24, 2.45) is 5.92 Å². The quantitative estimate of drug-likeness (QED) is 0.820. The van der Waals surface area contributed by atoms with Crippen LogP contribution >= 0.6 is 0 Å². The second kappa shape index (κ2) is 5.93. The van der Waals surface area contributed by atoms with Crippen molar-refractivity contribution in [3.8, 4) is 0 Å². The van der Waals surface area contributed by atoms with Crippen molar-refractivity contribution in [3.63, 3.8) is 0 Å². The fraction of sp³-hybridized carbons (Fsp3) is 0.538. The molecule has 0 bridgehead atoms. The van der Waals surface area contributed by atoms with Gasteiger partial charge in [0.05, 0.1) is 11.6 Å². The number of hydrogen-bond acceptors (Lipinski definition) is 4. The Hall–Kier alpha value is -1.46. The molecular weight excluding hydrogens is 230 g/mol. The smallest absolute Gasteiger partial charge is 0.309 e. The summed E-state index contributed by atoms with van der Waals surface area (Å²) in [6, 6.07) is 6.11. The first kappa shape index (κ1) is 13.0. The Morgan fingerprint density at radius 1 is 1.56 bits per heavy atom. The fourth-order valence-electron chi connectivity index (χ4n) is 2.26. The summed E-state index contributed by atoms with van der Waals surface area (Å²) < 4.78 is 0. The van der Waals surface area contributed by atoms with E-state index < -0.39 is 5.97 Å². The molecule has 0 aliphatic carbocycles. The lowest BCUT2D eigenvalue weighted by Crippen LogP contribution is -2.35. The molecule has 0 amide bonds. The Bertz CT molecular complexity index is 396. The molecule has 1 fully saturated rings. The molecule has 0 radical (unpaired) electrons. The summed E-state index contributed by atoms with van der Waals surface area (Å²) in [5, 5.41) is 12.4. The van der Waals surface area contributed by atoms with Gasteiger partial charge in [-0.1, -0.05) is 6.07 Å². The number of carboxylic acids is 1. The topological polar surface area (TPSA) is 65.5 Å². The number of aromatic nitrogens is 1. The summed E-state index contributed by atoms with van der Waals surface area (Å²) >= 11 is 0. The first-order chi connectivity index (χ1) is 8.65. The minimum absolute atomic E-state index is 0.304. The van der Waals surface area contributed by atoms with Crippen LogP contribution in [0.5, 0.6) is 0 Å². The zero-order valence-corrected chi connectivity index (χ0v) is 10.5. The van der Waals surface area contributed by atoms with Crippen LogP contribution in [0.15, 0.2) is 24.4 Å². The van der Waals surface area contributed by atoms with E-state index in [9.17, 15) is 4.79 Å². The Kier molecular flexibility index (Phi) is 4.28. The van der Waals surface area contributed by atoms with Gasteiger partial charge in [-0.3, -0.25) is 14.7 Å². The zero-order chi connectivity index (χ0) is 13.0. The molecule has 98 valence electrons. The van der Waals surface area contributed by atoms with E-state index in [1.54, 1.807) is 6.20 Å². The molecule has 18 heavy (non-hydrogen) atoms. The Morgan fingerprint density at radius 3 is 3.06 bits per heavy atom. The van der Waals surface area contributed by atoms with Crippen molar-refractivity contribution in [2.75, 3.05) is 19.6 Å². The molecule has 1 aromatic heterocycles. The minimum atomic E-state index is -0.734. The number of carbonyl (C=O) groups is 1. The monoisotopic (exact) mass is 249 g/mol. The van der Waals surface area contributed by atoms with Crippen LogP contribution in [0, 0.1) is 5.92 Å². The van der Waals surface area contributed by atoms with Crippen LogP contribution in [-0.2, 0) is 11.3 Å². The van der Waals surface area contributed by atoms with Gasteiger partial charge in [0.2, 0.25) is 0 Å².